The predicted octanol–water partition coefficient (Wildman–Crippen LogP) is 1.82. The standard InChI is InChI=1S/C15H14ClN3O4/c1-17-14(21)9-3-2-4-11(5-9)19-13(20)8-23-15(22)12-6-10(16)7-18-12/h2-7,18H,8H2,1H3,(H,17,21)(H,19,20). The maximum absolute atomic E-state index is 11.8. The number of nitrogens with one attached hydrogen (secondary N) is 3. The molecule has 0 aliphatic rings. The summed E-state index contributed by atoms with van der Waals surface area (Å²) in [7, 11) is 1.51. The molecule has 2 rings (SSSR count). The summed E-state index contributed by atoms with van der Waals surface area (Å²) in [6, 6.07) is 7.78. The number of amides is 2. The van der Waals surface area contributed by atoms with E-state index in [1.165, 1.54) is 25.4 Å². The molecule has 8 heteroatoms. The lowest BCUT2D eigenvalue weighted by molar-refractivity contribution is -0.119. The quantitative estimate of drug-likeness (QED) is 0.725. The first-order valence-electron chi connectivity index (χ1n) is 6.62. The highest BCUT2D eigenvalue weighted by molar-refractivity contribution is 6.30. The van der Waals surface area contributed by atoms with Crippen LogP contribution in [0.5, 0.6) is 0 Å². The first-order chi connectivity index (χ1) is 11.0. The highest BCUT2D eigenvalue weighted by Gasteiger charge is 2.12. The van der Waals surface area contributed by atoms with Gasteiger partial charge in [0.05, 0.1) is 5.02 Å². The molecule has 0 spiro atoms. The molecule has 1 heterocycles. The van der Waals surface area contributed by atoms with Crippen LogP contribution in [0, 0.1) is 0 Å². The van der Waals surface area contributed by atoms with Gasteiger partial charge in [0.1, 0.15) is 5.69 Å². The number of anilines is 1. The second-order valence-electron chi connectivity index (χ2n) is 4.52. The molecule has 2 aromatic rings. The van der Waals surface area contributed by atoms with Crippen LogP contribution in [0.25, 0.3) is 0 Å². The Morgan fingerprint density at radius 1 is 1.26 bits per heavy atom. The van der Waals surface area contributed by atoms with E-state index in [1.807, 2.05) is 0 Å². The third kappa shape index (κ3) is 4.58. The molecule has 0 aliphatic heterocycles. The number of H-pyrrole nitrogens is 1. The van der Waals surface area contributed by atoms with Gasteiger partial charge < -0.3 is 20.4 Å². The minimum absolute atomic E-state index is 0.157. The van der Waals surface area contributed by atoms with Crippen molar-refractivity contribution in [2.45, 2.75) is 0 Å². The molecule has 0 atom stereocenters. The van der Waals surface area contributed by atoms with Crippen molar-refractivity contribution in [3.05, 3.63) is 52.8 Å². The van der Waals surface area contributed by atoms with Gasteiger partial charge in [0.15, 0.2) is 6.61 Å². The van der Waals surface area contributed by atoms with E-state index in [4.69, 9.17) is 16.3 Å². The summed E-state index contributed by atoms with van der Waals surface area (Å²) >= 11 is 5.68. The van der Waals surface area contributed by atoms with Gasteiger partial charge >= 0.3 is 5.97 Å². The molecule has 120 valence electrons. The number of ether oxygens (including phenoxy) is 1. The molecule has 0 unspecified atom stereocenters. The lowest BCUT2D eigenvalue weighted by Crippen LogP contribution is -2.22. The van der Waals surface area contributed by atoms with Crippen molar-refractivity contribution in [1.82, 2.24) is 10.3 Å². The van der Waals surface area contributed by atoms with E-state index in [2.05, 4.69) is 15.6 Å². The number of hydrogen-bond acceptors (Lipinski definition) is 4. The number of rotatable bonds is 5. The Balaban J connectivity index is 1.90. The normalized spacial score (nSPS) is 10.0. The van der Waals surface area contributed by atoms with Crippen molar-refractivity contribution in [3.63, 3.8) is 0 Å². The summed E-state index contributed by atoms with van der Waals surface area (Å²) in [5.74, 6) is -1.48. The minimum atomic E-state index is -0.689. The number of esters is 1. The highest BCUT2D eigenvalue weighted by Crippen LogP contribution is 2.12. The van der Waals surface area contributed by atoms with Crippen LogP contribution in [0.15, 0.2) is 36.5 Å². The summed E-state index contributed by atoms with van der Waals surface area (Å²) < 4.78 is 4.85. The van der Waals surface area contributed by atoms with Gasteiger partial charge in [-0.15, -0.1) is 0 Å². The minimum Gasteiger partial charge on any atom is -0.451 e. The van der Waals surface area contributed by atoms with Crippen molar-refractivity contribution in [2.75, 3.05) is 19.0 Å². The Kier molecular flexibility index (Phi) is 5.37. The van der Waals surface area contributed by atoms with E-state index < -0.39 is 18.5 Å². The van der Waals surface area contributed by atoms with Gasteiger partial charge in [0.2, 0.25) is 0 Å². The fourth-order valence-corrected chi connectivity index (χ4v) is 1.94. The van der Waals surface area contributed by atoms with Crippen molar-refractivity contribution in [3.8, 4) is 0 Å². The fraction of sp³-hybridized carbons (Fsp3) is 0.133. The molecular formula is C15H14ClN3O4. The summed E-state index contributed by atoms with van der Waals surface area (Å²) in [5, 5.41) is 5.40. The molecular weight excluding hydrogens is 322 g/mol. The maximum atomic E-state index is 11.8. The van der Waals surface area contributed by atoms with Crippen molar-refractivity contribution < 1.29 is 19.1 Å². The molecule has 1 aromatic carbocycles. The molecule has 1 aromatic heterocycles. The van der Waals surface area contributed by atoms with E-state index in [0.29, 0.717) is 16.3 Å². The zero-order valence-electron chi connectivity index (χ0n) is 12.2. The van der Waals surface area contributed by atoms with Crippen molar-refractivity contribution >= 4 is 35.1 Å². The van der Waals surface area contributed by atoms with Crippen LogP contribution in [-0.2, 0) is 9.53 Å². The number of aromatic nitrogens is 1. The highest BCUT2D eigenvalue weighted by atomic mass is 35.5. The predicted molar refractivity (Wildman–Crippen MR) is 84.5 cm³/mol. The molecule has 3 N–H and O–H groups in total. The van der Waals surface area contributed by atoms with Gasteiger partial charge in [0, 0.05) is 24.5 Å². The van der Waals surface area contributed by atoms with E-state index in [-0.39, 0.29) is 11.6 Å². The van der Waals surface area contributed by atoms with Gasteiger partial charge in [-0.25, -0.2) is 4.79 Å². The molecule has 0 aliphatic carbocycles. The largest absolute Gasteiger partial charge is 0.451 e. The van der Waals surface area contributed by atoms with E-state index in [1.54, 1.807) is 18.2 Å². The van der Waals surface area contributed by atoms with Gasteiger partial charge in [0.25, 0.3) is 11.8 Å². The van der Waals surface area contributed by atoms with E-state index in [0.717, 1.165) is 0 Å². The Hall–Kier alpha value is -2.80. The average molecular weight is 336 g/mol. The molecule has 7 nitrogen and oxygen atoms in total. The topological polar surface area (TPSA) is 100 Å². The number of benzene rings is 1. The van der Waals surface area contributed by atoms with Gasteiger partial charge in [-0.05, 0) is 24.3 Å². The number of carbonyl (C=O) groups excluding carboxylic acids is 3. The number of hydrogen-bond donors (Lipinski definition) is 3. The lowest BCUT2D eigenvalue weighted by atomic mass is 10.2. The number of aromatic amines is 1. The van der Waals surface area contributed by atoms with Gasteiger partial charge in [-0.1, -0.05) is 17.7 Å². The fourth-order valence-electron chi connectivity index (χ4n) is 1.77. The Morgan fingerprint density at radius 3 is 2.70 bits per heavy atom. The summed E-state index contributed by atoms with van der Waals surface area (Å²) in [4.78, 5) is 37.6. The van der Waals surface area contributed by atoms with Crippen LogP contribution in [-0.4, -0.2) is 36.4 Å². The second kappa shape index (κ2) is 7.46. The molecule has 0 bridgehead atoms. The van der Waals surface area contributed by atoms with Crippen LogP contribution in [0.3, 0.4) is 0 Å². The van der Waals surface area contributed by atoms with Gasteiger partial charge in [-0.2, -0.15) is 0 Å². The Labute approximate surface area is 137 Å². The molecule has 0 radical (unpaired) electrons. The summed E-state index contributed by atoms with van der Waals surface area (Å²) in [5.41, 5.74) is 0.989. The average Bonchev–Trinajstić information content (AvgIpc) is 2.98. The van der Waals surface area contributed by atoms with Gasteiger partial charge in [-0.3, -0.25) is 9.59 Å². The van der Waals surface area contributed by atoms with E-state index in [9.17, 15) is 14.4 Å². The van der Waals surface area contributed by atoms with Crippen molar-refractivity contribution in [2.24, 2.45) is 0 Å². The van der Waals surface area contributed by atoms with Crippen LogP contribution in [0.2, 0.25) is 5.02 Å². The van der Waals surface area contributed by atoms with Crippen molar-refractivity contribution in [1.29, 1.82) is 0 Å². The number of carbonyl (C=O) groups is 3. The molecule has 0 fully saturated rings. The number of halogens is 1. The monoisotopic (exact) mass is 335 g/mol. The zero-order valence-corrected chi connectivity index (χ0v) is 12.9. The van der Waals surface area contributed by atoms with Crippen LogP contribution >= 0.6 is 11.6 Å². The summed E-state index contributed by atoms with van der Waals surface area (Å²) in [6.07, 6.45) is 1.43. The third-order valence-corrected chi connectivity index (χ3v) is 3.06. The van der Waals surface area contributed by atoms with Crippen LogP contribution < -0.4 is 10.6 Å². The molecule has 0 saturated carbocycles. The van der Waals surface area contributed by atoms with E-state index >= 15 is 0 Å². The third-order valence-electron chi connectivity index (χ3n) is 2.84. The molecule has 0 saturated heterocycles. The van der Waals surface area contributed by atoms with Crippen LogP contribution in [0.1, 0.15) is 20.8 Å². The first kappa shape index (κ1) is 16.6. The Bertz CT molecular complexity index is 742. The Morgan fingerprint density at radius 2 is 2.04 bits per heavy atom. The smallest absolute Gasteiger partial charge is 0.355 e. The maximum Gasteiger partial charge on any atom is 0.355 e. The molecule has 2 amide bonds. The lowest BCUT2D eigenvalue weighted by Gasteiger charge is -2.07. The SMILES string of the molecule is CNC(=O)c1cccc(NC(=O)COC(=O)c2cc(Cl)c[nH]2)c1. The zero-order chi connectivity index (χ0) is 16.8. The molecule has 23 heavy (non-hydrogen) atoms. The second-order valence-corrected chi connectivity index (χ2v) is 4.95. The van der Waals surface area contributed by atoms with Crippen LogP contribution in [0.4, 0.5) is 5.69 Å². The summed E-state index contributed by atoms with van der Waals surface area (Å²) in [6.45, 7) is -0.459. The first-order valence-corrected chi connectivity index (χ1v) is 7.00.